The molecule has 0 aliphatic carbocycles. The Morgan fingerprint density at radius 1 is 1.43 bits per heavy atom. The summed E-state index contributed by atoms with van der Waals surface area (Å²) in [6, 6.07) is 5.85. The molecule has 3 heterocycles. The van der Waals surface area contributed by atoms with E-state index < -0.39 is 0 Å². The van der Waals surface area contributed by atoms with Crippen LogP contribution in [0, 0.1) is 6.92 Å². The second-order valence-corrected chi connectivity index (χ2v) is 5.28. The van der Waals surface area contributed by atoms with Crippen molar-refractivity contribution < 1.29 is 4.79 Å². The Hall–Kier alpha value is -2.37. The van der Waals surface area contributed by atoms with Crippen molar-refractivity contribution in [3.05, 3.63) is 41.9 Å². The molecule has 1 aliphatic heterocycles. The highest BCUT2D eigenvalue weighted by atomic mass is 16.2. The monoisotopic (exact) mass is 285 g/mol. The molecule has 0 bridgehead atoms. The maximum Gasteiger partial charge on any atom is 0.239 e. The Morgan fingerprint density at radius 3 is 3.14 bits per heavy atom. The fraction of sp³-hybridized carbons (Fsp3) is 0.400. The van der Waals surface area contributed by atoms with Crippen LogP contribution in [0.5, 0.6) is 0 Å². The molecule has 21 heavy (non-hydrogen) atoms. The lowest BCUT2D eigenvalue weighted by molar-refractivity contribution is -0.120. The van der Waals surface area contributed by atoms with Crippen molar-refractivity contribution in [3.63, 3.8) is 0 Å². The molecule has 2 aromatic rings. The van der Waals surface area contributed by atoms with E-state index in [1.54, 1.807) is 12.4 Å². The van der Waals surface area contributed by atoms with Gasteiger partial charge in [0, 0.05) is 38.1 Å². The zero-order valence-electron chi connectivity index (χ0n) is 12.1. The summed E-state index contributed by atoms with van der Waals surface area (Å²) in [6.07, 6.45) is 4.51. The van der Waals surface area contributed by atoms with E-state index in [4.69, 9.17) is 0 Å². The topological polar surface area (TPSA) is 63.1 Å². The molecule has 1 N–H and O–H groups in total. The van der Waals surface area contributed by atoms with Crippen molar-refractivity contribution in [2.45, 2.75) is 26.4 Å². The third-order valence-electron chi connectivity index (χ3n) is 3.55. The van der Waals surface area contributed by atoms with Crippen LogP contribution in [-0.4, -0.2) is 33.8 Å². The standard InChI is InChI=1S/C15H19N5O/c1-12-8-15-19(6-3-7-20(15)18-12)11-14(21)17-10-13-4-2-5-16-9-13/h2,4-5,8-9H,3,6-7,10-11H2,1H3,(H,17,21). The van der Waals surface area contributed by atoms with E-state index in [0.29, 0.717) is 13.1 Å². The molecule has 1 amide bonds. The van der Waals surface area contributed by atoms with Gasteiger partial charge in [-0.3, -0.25) is 9.78 Å². The summed E-state index contributed by atoms with van der Waals surface area (Å²) < 4.78 is 1.98. The highest BCUT2D eigenvalue weighted by Gasteiger charge is 2.20. The lowest BCUT2D eigenvalue weighted by Crippen LogP contribution is -2.40. The summed E-state index contributed by atoms with van der Waals surface area (Å²) in [4.78, 5) is 18.2. The highest BCUT2D eigenvalue weighted by Crippen LogP contribution is 2.20. The summed E-state index contributed by atoms with van der Waals surface area (Å²) >= 11 is 0. The first kappa shape index (κ1) is 13.6. The second kappa shape index (κ2) is 5.95. The van der Waals surface area contributed by atoms with Crippen LogP contribution in [-0.2, 0) is 17.9 Å². The number of aromatic nitrogens is 3. The molecular weight excluding hydrogens is 266 g/mol. The zero-order chi connectivity index (χ0) is 14.7. The molecule has 110 valence electrons. The van der Waals surface area contributed by atoms with E-state index in [0.717, 1.165) is 36.6 Å². The Bertz CT molecular complexity index is 622. The van der Waals surface area contributed by atoms with Gasteiger partial charge in [0.05, 0.1) is 12.2 Å². The van der Waals surface area contributed by atoms with E-state index in [1.165, 1.54) is 0 Å². The first-order valence-electron chi connectivity index (χ1n) is 7.17. The van der Waals surface area contributed by atoms with Gasteiger partial charge in [-0.2, -0.15) is 5.10 Å². The number of nitrogens with zero attached hydrogens (tertiary/aromatic N) is 4. The molecule has 0 atom stereocenters. The molecule has 0 saturated heterocycles. The van der Waals surface area contributed by atoms with Crippen LogP contribution in [0.2, 0.25) is 0 Å². The number of hydrogen-bond donors (Lipinski definition) is 1. The number of hydrogen-bond acceptors (Lipinski definition) is 4. The fourth-order valence-corrected chi connectivity index (χ4v) is 2.57. The average Bonchev–Trinajstić information content (AvgIpc) is 2.88. The van der Waals surface area contributed by atoms with E-state index in [9.17, 15) is 4.79 Å². The smallest absolute Gasteiger partial charge is 0.239 e. The van der Waals surface area contributed by atoms with Gasteiger partial charge in [-0.15, -0.1) is 0 Å². The van der Waals surface area contributed by atoms with Gasteiger partial charge in [-0.05, 0) is 25.0 Å². The highest BCUT2D eigenvalue weighted by molar-refractivity contribution is 5.81. The Balaban J connectivity index is 1.58. The van der Waals surface area contributed by atoms with Crippen LogP contribution in [0.25, 0.3) is 0 Å². The van der Waals surface area contributed by atoms with Crippen LogP contribution in [0.4, 0.5) is 5.82 Å². The summed E-state index contributed by atoms with van der Waals surface area (Å²) in [5.41, 5.74) is 2.00. The molecule has 1 aliphatic rings. The number of anilines is 1. The molecule has 6 nitrogen and oxygen atoms in total. The van der Waals surface area contributed by atoms with Crippen molar-refractivity contribution in [3.8, 4) is 0 Å². The van der Waals surface area contributed by atoms with Gasteiger partial charge in [-0.1, -0.05) is 6.07 Å². The zero-order valence-corrected chi connectivity index (χ0v) is 12.1. The molecule has 0 spiro atoms. The summed E-state index contributed by atoms with van der Waals surface area (Å²) in [5, 5.41) is 7.37. The van der Waals surface area contributed by atoms with Crippen molar-refractivity contribution in [1.82, 2.24) is 20.1 Å². The van der Waals surface area contributed by atoms with Gasteiger partial charge in [0.1, 0.15) is 5.82 Å². The fourth-order valence-electron chi connectivity index (χ4n) is 2.57. The Kier molecular flexibility index (Phi) is 3.85. The number of pyridine rings is 1. The van der Waals surface area contributed by atoms with Crippen molar-refractivity contribution >= 4 is 11.7 Å². The van der Waals surface area contributed by atoms with E-state index in [2.05, 4.69) is 20.3 Å². The van der Waals surface area contributed by atoms with Crippen LogP contribution in [0.15, 0.2) is 30.6 Å². The van der Waals surface area contributed by atoms with Crippen LogP contribution >= 0.6 is 0 Å². The van der Waals surface area contributed by atoms with Crippen LogP contribution < -0.4 is 10.2 Å². The second-order valence-electron chi connectivity index (χ2n) is 5.28. The van der Waals surface area contributed by atoms with E-state index in [-0.39, 0.29) is 5.91 Å². The van der Waals surface area contributed by atoms with Gasteiger partial charge in [0.2, 0.25) is 5.91 Å². The molecule has 0 radical (unpaired) electrons. The van der Waals surface area contributed by atoms with Gasteiger partial charge >= 0.3 is 0 Å². The van der Waals surface area contributed by atoms with Gasteiger partial charge in [-0.25, -0.2) is 4.68 Å². The minimum absolute atomic E-state index is 0.0196. The molecule has 6 heteroatoms. The maximum absolute atomic E-state index is 12.1. The molecule has 2 aromatic heterocycles. The average molecular weight is 285 g/mol. The first-order chi connectivity index (χ1) is 10.2. The third-order valence-corrected chi connectivity index (χ3v) is 3.55. The molecule has 3 rings (SSSR count). The van der Waals surface area contributed by atoms with Gasteiger partial charge in [0.15, 0.2) is 0 Å². The lowest BCUT2D eigenvalue weighted by Gasteiger charge is -2.28. The number of carbonyl (C=O) groups excluding carboxylic acids is 1. The number of amides is 1. The maximum atomic E-state index is 12.1. The molecule has 0 saturated carbocycles. The summed E-state index contributed by atoms with van der Waals surface area (Å²) in [6.45, 7) is 4.68. The Labute approximate surface area is 123 Å². The minimum Gasteiger partial charge on any atom is -0.350 e. The number of fused-ring (bicyclic) bond motifs is 1. The molecule has 0 aromatic carbocycles. The summed E-state index contributed by atoms with van der Waals surface area (Å²) in [7, 11) is 0. The van der Waals surface area contributed by atoms with Crippen molar-refractivity contribution in [1.29, 1.82) is 0 Å². The number of nitrogens with one attached hydrogen (secondary N) is 1. The van der Waals surface area contributed by atoms with Crippen molar-refractivity contribution in [2.24, 2.45) is 0 Å². The van der Waals surface area contributed by atoms with E-state index >= 15 is 0 Å². The molecule has 0 fully saturated rings. The SMILES string of the molecule is Cc1cc2n(n1)CCCN2CC(=O)NCc1cccnc1. The van der Waals surface area contributed by atoms with Gasteiger partial charge in [0.25, 0.3) is 0 Å². The number of rotatable bonds is 4. The predicted octanol–water partition coefficient (Wildman–Crippen LogP) is 1.11. The van der Waals surface area contributed by atoms with Gasteiger partial charge < -0.3 is 10.2 Å². The largest absolute Gasteiger partial charge is 0.350 e. The predicted molar refractivity (Wildman–Crippen MR) is 79.9 cm³/mol. The molecule has 0 unspecified atom stereocenters. The first-order valence-corrected chi connectivity index (χ1v) is 7.17. The minimum atomic E-state index is 0.0196. The van der Waals surface area contributed by atoms with Crippen LogP contribution in [0.1, 0.15) is 17.7 Å². The normalized spacial score (nSPS) is 13.9. The quantitative estimate of drug-likeness (QED) is 0.914. The number of aryl methyl sites for hydroxylation is 2. The van der Waals surface area contributed by atoms with Crippen LogP contribution in [0.3, 0.4) is 0 Å². The number of carbonyl (C=O) groups is 1. The Morgan fingerprint density at radius 2 is 2.33 bits per heavy atom. The van der Waals surface area contributed by atoms with Crippen molar-refractivity contribution in [2.75, 3.05) is 18.0 Å². The van der Waals surface area contributed by atoms with E-state index in [1.807, 2.05) is 29.8 Å². The summed E-state index contributed by atoms with van der Waals surface area (Å²) in [5.74, 6) is 1.06. The lowest BCUT2D eigenvalue weighted by atomic mass is 10.2. The molecular formula is C15H19N5O. The third kappa shape index (κ3) is 3.21.